The molecule has 0 unspecified atom stereocenters. The molecule has 186 valence electrons. The van der Waals surface area contributed by atoms with Crippen molar-refractivity contribution < 1.29 is 12.4 Å². The second-order valence-electron chi connectivity index (χ2n) is 9.89. The molecule has 0 atom stereocenters. The largest absolute Gasteiger partial charge is 1.00 e. The number of unbranched alkanes of at least 4 members (excludes halogenated alkanes) is 15. The van der Waals surface area contributed by atoms with Crippen molar-refractivity contribution in [1.82, 2.24) is 4.48 Å². The Morgan fingerprint density at radius 1 is 0.455 bits per heavy atom. The Bertz CT molecular complexity index is 630. The van der Waals surface area contributed by atoms with Crippen molar-refractivity contribution in [3.05, 3.63) is 60.7 Å². The van der Waals surface area contributed by atoms with Gasteiger partial charge in [-0.1, -0.05) is 133 Å². The van der Waals surface area contributed by atoms with Gasteiger partial charge in [0.05, 0.1) is 13.6 Å². The summed E-state index contributed by atoms with van der Waals surface area (Å²) < 4.78 is 0.903. The van der Waals surface area contributed by atoms with Crippen LogP contribution in [0.3, 0.4) is 0 Å². The third-order valence-corrected chi connectivity index (χ3v) is 7.11. The van der Waals surface area contributed by atoms with Crippen LogP contribution in [-0.4, -0.2) is 13.6 Å². The topological polar surface area (TPSA) is 0 Å². The predicted octanol–water partition coefficient (Wildman–Crippen LogP) is 7.22. The number of nitrogens with zero attached hydrogens (tertiary/aromatic N) is 1. The van der Waals surface area contributed by atoms with Crippen molar-refractivity contribution >= 4 is 11.4 Å². The van der Waals surface area contributed by atoms with Crippen LogP contribution < -0.4 is 16.9 Å². The van der Waals surface area contributed by atoms with Gasteiger partial charge in [-0.2, -0.15) is 0 Å². The van der Waals surface area contributed by atoms with Crippen molar-refractivity contribution in [1.29, 1.82) is 0 Å². The first-order chi connectivity index (χ1) is 15.8. The minimum atomic E-state index is 0. The molecule has 2 aromatic carbocycles. The molecule has 0 amide bonds. The number of benzene rings is 2. The standard InChI is InChI=1S/C31H50N.ClH/c1-3-4-5-6-7-8-9-10-11-12-13-14-15-16-17-24-29-32(2,30-25-20-18-21-26-30)31-27-22-19-23-28-31;/h18-23,25-28H,3-17,24,29H2,1-2H3;1H/q+1;/p-1. The SMILES string of the molecule is CCCCCCCCCCCCCCCCCC[N+](C)(c1ccccc1)c1ccccc1.[Cl-]. The summed E-state index contributed by atoms with van der Waals surface area (Å²) in [6.45, 7) is 3.47. The maximum atomic E-state index is 2.37. The van der Waals surface area contributed by atoms with Crippen LogP contribution >= 0.6 is 0 Å². The van der Waals surface area contributed by atoms with Crippen LogP contribution in [0.2, 0.25) is 0 Å². The van der Waals surface area contributed by atoms with E-state index in [1.54, 1.807) is 0 Å². The van der Waals surface area contributed by atoms with Gasteiger partial charge in [0.25, 0.3) is 0 Å². The van der Waals surface area contributed by atoms with Crippen LogP contribution in [-0.2, 0) is 0 Å². The molecule has 0 aliphatic carbocycles. The van der Waals surface area contributed by atoms with Crippen LogP contribution in [0.15, 0.2) is 60.7 Å². The highest BCUT2D eigenvalue weighted by molar-refractivity contribution is 5.57. The van der Waals surface area contributed by atoms with E-state index in [0.29, 0.717) is 0 Å². The van der Waals surface area contributed by atoms with Crippen LogP contribution in [0.25, 0.3) is 0 Å². The second kappa shape index (κ2) is 19.0. The van der Waals surface area contributed by atoms with E-state index < -0.39 is 0 Å². The molecule has 0 heterocycles. The monoisotopic (exact) mass is 471 g/mol. The molecular formula is C31H50ClN. The number of rotatable bonds is 19. The number of para-hydroxylation sites is 2. The Morgan fingerprint density at radius 2 is 0.758 bits per heavy atom. The van der Waals surface area contributed by atoms with Crippen molar-refractivity contribution in [2.75, 3.05) is 13.6 Å². The first-order valence-electron chi connectivity index (χ1n) is 13.7. The summed E-state index contributed by atoms with van der Waals surface area (Å²) >= 11 is 0. The smallest absolute Gasteiger partial charge is 0.137 e. The van der Waals surface area contributed by atoms with E-state index in [4.69, 9.17) is 0 Å². The molecule has 2 heteroatoms. The van der Waals surface area contributed by atoms with Gasteiger partial charge in [-0.3, -0.25) is 4.48 Å². The summed E-state index contributed by atoms with van der Waals surface area (Å²) in [6.07, 6.45) is 22.8. The van der Waals surface area contributed by atoms with E-state index in [1.165, 1.54) is 121 Å². The number of quaternary nitrogens is 1. The molecule has 0 aromatic heterocycles. The highest BCUT2D eigenvalue weighted by atomic mass is 35.5. The fraction of sp³-hybridized carbons (Fsp3) is 0.613. The summed E-state index contributed by atoms with van der Waals surface area (Å²) in [5.74, 6) is 0. The van der Waals surface area contributed by atoms with Gasteiger partial charge in [0.2, 0.25) is 0 Å². The molecular weight excluding hydrogens is 422 g/mol. The maximum Gasteiger partial charge on any atom is 0.137 e. The van der Waals surface area contributed by atoms with E-state index in [0.717, 1.165) is 4.48 Å². The van der Waals surface area contributed by atoms with Gasteiger partial charge in [0.1, 0.15) is 11.4 Å². The lowest BCUT2D eigenvalue weighted by atomic mass is 10.0. The molecule has 33 heavy (non-hydrogen) atoms. The summed E-state index contributed by atoms with van der Waals surface area (Å²) in [7, 11) is 2.37. The molecule has 0 N–H and O–H groups in total. The molecule has 0 saturated carbocycles. The summed E-state index contributed by atoms with van der Waals surface area (Å²) in [5, 5.41) is 0. The number of halogens is 1. The van der Waals surface area contributed by atoms with Crippen LogP contribution in [0, 0.1) is 0 Å². The van der Waals surface area contributed by atoms with Crippen molar-refractivity contribution in [2.24, 2.45) is 0 Å². The molecule has 0 radical (unpaired) electrons. The zero-order valence-corrected chi connectivity index (χ0v) is 22.4. The van der Waals surface area contributed by atoms with E-state index in [1.807, 2.05) is 0 Å². The quantitative estimate of drug-likeness (QED) is 0.150. The molecule has 0 bridgehead atoms. The molecule has 2 rings (SSSR count). The number of hydrogen-bond acceptors (Lipinski definition) is 0. The Kier molecular flexibility index (Phi) is 17.2. The fourth-order valence-corrected chi connectivity index (χ4v) is 4.90. The van der Waals surface area contributed by atoms with Crippen LogP contribution in [0.4, 0.5) is 11.4 Å². The van der Waals surface area contributed by atoms with Crippen molar-refractivity contribution in [2.45, 2.75) is 110 Å². The first-order valence-corrected chi connectivity index (χ1v) is 13.7. The highest BCUT2D eigenvalue weighted by Gasteiger charge is 2.27. The Hall–Kier alpha value is -1.31. The normalized spacial score (nSPS) is 11.3. The highest BCUT2D eigenvalue weighted by Crippen LogP contribution is 2.33. The average Bonchev–Trinajstić information content (AvgIpc) is 2.84. The number of hydrogen-bond donors (Lipinski definition) is 0. The minimum absolute atomic E-state index is 0. The molecule has 1 nitrogen and oxygen atoms in total. The first kappa shape index (κ1) is 29.7. The average molecular weight is 472 g/mol. The molecule has 0 saturated heterocycles. The summed E-state index contributed by atoms with van der Waals surface area (Å²) in [4.78, 5) is 0. The van der Waals surface area contributed by atoms with Gasteiger partial charge in [0.15, 0.2) is 0 Å². The minimum Gasteiger partial charge on any atom is -1.00 e. The van der Waals surface area contributed by atoms with E-state index in [2.05, 4.69) is 74.6 Å². The van der Waals surface area contributed by atoms with E-state index in [-0.39, 0.29) is 12.4 Å². The third kappa shape index (κ3) is 12.1. The van der Waals surface area contributed by atoms with Gasteiger partial charge in [-0.15, -0.1) is 0 Å². The van der Waals surface area contributed by atoms with Gasteiger partial charge < -0.3 is 12.4 Å². The van der Waals surface area contributed by atoms with Gasteiger partial charge in [0, 0.05) is 0 Å². The fourth-order valence-electron chi connectivity index (χ4n) is 4.90. The lowest BCUT2D eigenvalue weighted by Gasteiger charge is -2.33. The molecule has 0 spiro atoms. The molecule has 0 fully saturated rings. The van der Waals surface area contributed by atoms with E-state index in [9.17, 15) is 0 Å². The second-order valence-corrected chi connectivity index (χ2v) is 9.89. The van der Waals surface area contributed by atoms with Gasteiger partial charge in [-0.05, 0) is 37.1 Å². The molecule has 0 aliphatic heterocycles. The Labute approximate surface area is 212 Å². The third-order valence-electron chi connectivity index (χ3n) is 7.11. The molecule has 2 aromatic rings. The zero-order chi connectivity index (χ0) is 22.7. The van der Waals surface area contributed by atoms with E-state index >= 15 is 0 Å². The predicted molar refractivity (Wildman–Crippen MR) is 145 cm³/mol. The summed E-state index contributed by atoms with van der Waals surface area (Å²) in [5.41, 5.74) is 2.78. The van der Waals surface area contributed by atoms with Gasteiger partial charge in [-0.25, -0.2) is 0 Å². The van der Waals surface area contributed by atoms with Crippen molar-refractivity contribution in [3.8, 4) is 0 Å². The van der Waals surface area contributed by atoms with Gasteiger partial charge >= 0.3 is 0 Å². The Balaban J connectivity index is 0.00000544. The lowest BCUT2D eigenvalue weighted by Crippen LogP contribution is -3.00. The van der Waals surface area contributed by atoms with Crippen LogP contribution in [0.1, 0.15) is 110 Å². The zero-order valence-electron chi connectivity index (χ0n) is 21.6. The van der Waals surface area contributed by atoms with Crippen LogP contribution in [0.5, 0.6) is 0 Å². The lowest BCUT2D eigenvalue weighted by molar-refractivity contribution is -0.00000680. The summed E-state index contributed by atoms with van der Waals surface area (Å²) in [6, 6.07) is 22.0. The van der Waals surface area contributed by atoms with Crippen molar-refractivity contribution in [3.63, 3.8) is 0 Å². The Morgan fingerprint density at radius 3 is 1.09 bits per heavy atom. The maximum absolute atomic E-state index is 2.37. The molecule has 0 aliphatic rings.